The van der Waals surface area contributed by atoms with Gasteiger partial charge in [0.25, 0.3) is 0 Å². The molecule has 2 nitrogen and oxygen atoms in total. The van der Waals surface area contributed by atoms with Crippen LogP contribution in [-0.2, 0) is 4.74 Å². The number of rotatable bonds is 4. The first-order valence-corrected chi connectivity index (χ1v) is 6.32. The number of fused-ring (bicyclic) bond motifs is 3. The van der Waals surface area contributed by atoms with Crippen molar-refractivity contribution in [2.45, 2.75) is 6.04 Å². The van der Waals surface area contributed by atoms with Gasteiger partial charge < -0.3 is 10.1 Å². The van der Waals surface area contributed by atoms with Crippen molar-refractivity contribution in [1.82, 2.24) is 5.32 Å². The summed E-state index contributed by atoms with van der Waals surface area (Å²) in [7, 11) is 1.73. The molecule has 0 spiro atoms. The number of hydrogen-bond acceptors (Lipinski definition) is 2. The van der Waals surface area contributed by atoms with E-state index in [0.717, 1.165) is 13.2 Å². The summed E-state index contributed by atoms with van der Waals surface area (Å²) in [4.78, 5) is 0. The van der Waals surface area contributed by atoms with Crippen LogP contribution in [0.25, 0.3) is 11.1 Å². The van der Waals surface area contributed by atoms with Crippen LogP contribution in [0.4, 0.5) is 0 Å². The fourth-order valence-corrected chi connectivity index (χ4v) is 2.68. The van der Waals surface area contributed by atoms with Gasteiger partial charge in [0.15, 0.2) is 0 Å². The van der Waals surface area contributed by atoms with Crippen LogP contribution < -0.4 is 5.32 Å². The van der Waals surface area contributed by atoms with Gasteiger partial charge in [-0.15, -0.1) is 0 Å². The number of benzene rings is 2. The van der Waals surface area contributed by atoms with Crippen molar-refractivity contribution in [2.75, 3.05) is 20.3 Å². The lowest BCUT2D eigenvalue weighted by Gasteiger charge is -2.15. The minimum absolute atomic E-state index is 0.299. The van der Waals surface area contributed by atoms with Crippen molar-refractivity contribution in [3.8, 4) is 11.1 Å². The van der Waals surface area contributed by atoms with E-state index in [1.165, 1.54) is 22.3 Å². The Morgan fingerprint density at radius 3 is 2.06 bits per heavy atom. The second kappa shape index (κ2) is 4.92. The Bertz CT molecular complexity index is 505. The van der Waals surface area contributed by atoms with Gasteiger partial charge in [-0.3, -0.25) is 0 Å². The quantitative estimate of drug-likeness (QED) is 0.828. The van der Waals surface area contributed by atoms with Crippen LogP contribution in [0.2, 0.25) is 0 Å². The topological polar surface area (TPSA) is 21.3 Å². The number of methoxy groups -OCH3 is 1. The van der Waals surface area contributed by atoms with Gasteiger partial charge in [-0.25, -0.2) is 0 Å². The highest BCUT2D eigenvalue weighted by Gasteiger charge is 2.26. The van der Waals surface area contributed by atoms with Gasteiger partial charge in [0, 0.05) is 13.7 Å². The maximum atomic E-state index is 5.12. The van der Waals surface area contributed by atoms with E-state index in [-0.39, 0.29) is 0 Å². The van der Waals surface area contributed by atoms with Crippen LogP contribution in [0.5, 0.6) is 0 Å². The molecule has 0 amide bonds. The zero-order valence-electron chi connectivity index (χ0n) is 10.5. The summed E-state index contributed by atoms with van der Waals surface area (Å²) >= 11 is 0. The Kier molecular flexibility index (Phi) is 3.13. The molecule has 0 saturated heterocycles. The molecule has 0 fully saturated rings. The number of hydrogen-bond donors (Lipinski definition) is 1. The molecule has 1 aliphatic carbocycles. The van der Waals surface area contributed by atoms with Crippen LogP contribution in [0.15, 0.2) is 48.5 Å². The third-order valence-corrected chi connectivity index (χ3v) is 3.49. The molecule has 1 N–H and O–H groups in total. The Balaban J connectivity index is 1.98. The van der Waals surface area contributed by atoms with Crippen LogP contribution in [0.3, 0.4) is 0 Å². The lowest BCUT2D eigenvalue weighted by Crippen LogP contribution is -2.24. The lowest BCUT2D eigenvalue weighted by atomic mass is 10.1. The van der Waals surface area contributed by atoms with Crippen molar-refractivity contribution >= 4 is 0 Å². The van der Waals surface area contributed by atoms with Gasteiger partial charge in [-0.2, -0.15) is 0 Å². The van der Waals surface area contributed by atoms with Gasteiger partial charge in [-0.1, -0.05) is 48.5 Å². The summed E-state index contributed by atoms with van der Waals surface area (Å²) in [6.07, 6.45) is 0. The Morgan fingerprint density at radius 2 is 1.50 bits per heavy atom. The maximum Gasteiger partial charge on any atom is 0.0589 e. The molecule has 0 aliphatic heterocycles. The summed E-state index contributed by atoms with van der Waals surface area (Å²) in [5.74, 6) is 0. The first kappa shape index (κ1) is 11.5. The highest BCUT2D eigenvalue weighted by molar-refractivity contribution is 5.78. The lowest BCUT2D eigenvalue weighted by molar-refractivity contribution is 0.197. The SMILES string of the molecule is COCCNC1c2ccccc2-c2ccccc21. The molecule has 0 saturated carbocycles. The highest BCUT2D eigenvalue weighted by Crippen LogP contribution is 2.42. The fourth-order valence-electron chi connectivity index (χ4n) is 2.68. The second-order valence-corrected chi connectivity index (χ2v) is 4.55. The molecule has 0 unspecified atom stereocenters. The Morgan fingerprint density at radius 1 is 0.944 bits per heavy atom. The molecule has 3 rings (SSSR count). The van der Waals surface area contributed by atoms with Crippen molar-refractivity contribution in [2.24, 2.45) is 0 Å². The van der Waals surface area contributed by atoms with Gasteiger partial charge in [0.1, 0.15) is 0 Å². The van der Waals surface area contributed by atoms with Crippen LogP contribution in [0, 0.1) is 0 Å². The molecular formula is C16H17NO. The van der Waals surface area contributed by atoms with Gasteiger partial charge in [-0.05, 0) is 22.3 Å². The summed E-state index contributed by atoms with van der Waals surface area (Å²) in [6, 6.07) is 17.5. The van der Waals surface area contributed by atoms with Gasteiger partial charge in [0.2, 0.25) is 0 Å². The Hall–Kier alpha value is -1.64. The zero-order valence-corrected chi connectivity index (χ0v) is 10.5. The first-order chi connectivity index (χ1) is 8.92. The minimum Gasteiger partial charge on any atom is -0.383 e. The first-order valence-electron chi connectivity index (χ1n) is 6.32. The minimum atomic E-state index is 0.299. The third kappa shape index (κ3) is 1.84. The summed E-state index contributed by atoms with van der Waals surface area (Å²) < 4.78 is 5.12. The van der Waals surface area contributed by atoms with Crippen LogP contribution >= 0.6 is 0 Å². The van der Waals surface area contributed by atoms with E-state index in [0.29, 0.717) is 6.04 Å². The van der Waals surface area contributed by atoms with E-state index in [9.17, 15) is 0 Å². The molecule has 2 heteroatoms. The van der Waals surface area contributed by atoms with E-state index in [1.807, 2.05) is 0 Å². The molecule has 2 aromatic carbocycles. The smallest absolute Gasteiger partial charge is 0.0589 e. The molecule has 0 bridgehead atoms. The fraction of sp³-hybridized carbons (Fsp3) is 0.250. The normalized spacial score (nSPS) is 13.4. The maximum absolute atomic E-state index is 5.12. The predicted molar refractivity (Wildman–Crippen MR) is 73.6 cm³/mol. The average molecular weight is 239 g/mol. The molecule has 0 radical (unpaired) electrons. The predicted octanol–water partition coefficient (Wildman–Crippen LogP) is 2.99. The number of nitrogens with one attached hydrogen (secondary N) is 1. The van der Waals surface area contributed by atoms with Crippen LogP contribution in [-0.4, -0.2) is 20.3 Å². The second-order valence-electron chi connectivity index (χ2n) is 4.55. The molecule has 0 atom stereocenters. The summed E-state index contributed by atoms with van der Waals surface area (Å²) in [6.45, 7) is 1.60. The van der Waals surface area contributed by atoms with Gasteiger partial charge in [0.05, 0.1) is 12.6 Å². The summed E-state index contributed by atoms with van der Waals surface area (Å²) in [5, 5.41) is 3.57. The Labute approximate surface area is 108 Å². The van der Waals surface area contributed by atoms with Crippen LogP contribution in [0.1, 0.15) is 17.2 Å². The third-order valence-electron chi connectivity index (χ3n) is 3.49. The molecule has 2 aromatic rings. The largest absolute Gasteiger partial charge is 0.383 e. The highest BCUT2D eigenvalue weighted by atomic mass is 16.5. The van der Waals surface area contributed by atoms with E-state index in [4.69, 9.17) is 4.74 Å². The van der Waals surface area contributed by atoms with Crippen molar-refractivity contribution < 1.29 is 4.74 Å². The van der Waals surface area contributed by atoms with E-state index in [2.05, 4.69) is 53.8 Å². The molecule has 0 aromatic heterocycles. The van der Waals surface area contributed by atoms with Crippen molar-refractivity contribution in [3.05, 3.63) is 59.7 Å². The van der Waals surface area contributed by atoms with Crippen molar-refractivity contribution in [1.29, 1.82) is 0 Å². The van der Waals surface area contributed by atoms with E-state index < -0.39 is 0 Å². The molecule has 18 heavy (non-hydrogen) atoms. The van der Waals surface area contributed by atoms with E-state index in [1.54, 1.807) is 7.11 Å². The monoisotopic (exact) mass is 239 g/mol. The molecular weight excluding hydrogens is 222 g/mol. The zero-order chi connectivity index (χ0) is 12.4. The number of ether oxygens (including phenoxy) is 1. The summed E-state index contributed by atoms with van der Waals surface area (Å²) in [5.41, 5.74) is 5.44. The molecule has 1 aliphatic rings. The van der Waals surface area contributed by atoms with E-state index >= 15 is 0 Å². The average Bonchev–Trinajstić information content (AvgIpc) is 2.74. The standard InChI is InChI=1S/C16H17NO/c1-18-11-10-17-16-14-8-4-2-6-12(14)13-7-3-5-9-15(13)16/h2-9,16-17H,10-11H2,1H3. The molecule has 92 valence electrons. The van der Waals surface area contributed by atoms with Crippen molar-refractivity contribution in [3.63, 3.8) is 0 Å². The molecule has 0 heterocycles. The van der Waals surface area contributed by atoms with Gasteiger partial charge >= 0.3 is 0 Å².